The molecule has 1 heterocycles. The van der Waals surface area contributed by atoms with Crippen molar-refractivity contribution in [1.82, 2.24) is 25.5 Å². The van der Waals surface area contributed by atoms with E-state index >= 15 is 0 Å². The fourth-order valence-electron chi connectivity index (χ4n) is 3.00. The van der Waals surface area contributed by atoms with Crippen molar-refractivity contribution in [2.45, 2.75) is 40.2 Å². The number of para-hydroxylation sites is 1. The number of nitrogens with zero attached hydrogens (tertiary/aromatic N) is 4. The second kappa shape index (κ2) is 9.30. The quantitative estimate of drug-likeness (QED) is 0.628. The summed E-state index contributed by atoms with van der Waals surface area (Å²) >= 11 is 0. The van der Waals surface area contributed by atoms with Gasteiger partial charge in [0.05, 0.1) is 6.54 Å². The molecule has 30 heavy (non-hydrogen) atoms. The molecule has 2 N–H and O–H groups in total. The molecule has 2 aromatic carbocycles. The van der Waals surface area contributed by atoms with Crippen LogP contribution in [-0.2, 0) is 16.1 Å². The number of hydrogen-bond donors (Lipinski definition) is 2. The van der Waals surface area contributed by atoms with Crippen LogP contribution >= 0.6 is 0 Å². The minimum absolute atomic E-state index is 0.117. The lowest BCUT2D eigenvalue weighted by Crippen LogP contribution is -2.35. The van der Waals surface area contributed by atoms with E-state index in [4.69, 9.17) is 0 Å². The highest BCUT2D eigenvalue weighted by atomic mass is 16.2. The second-order valence-electron chi connectivity index (χ2n) is 7.51. The van der Waals surface area contributed by atoms with Gasteiger partial charge in [0.25, 0.3) is 0 Å². The Balaban J connectivity index is 1.52. The van der Waals surface area contributed by atoms with Crippen molar-refractivity contribution in [2.75, 3.05) is 11.9 Å². The van der Waals surface area contributed by atoms with E-state index in [9.17, 15) is 9.59 Å². The maximum atomic E-state index is 12.2. The van der Waals surface area contributed by atoms with Crippen LogP contribution in [-0.4, -0.2) is 38.6 Å². The number of carbonyl (C=O) groups is 2. The summed E-state index contributed by atoms with van der Waals surface area (Å²) in [5.41, 5.74) is 4.76. The summed E-state index contributed by atoms with van der Waals surface area (Å²) in [5.74, 6) is 0.230. The monoisotopic (exact) mass is 406 g/mol. The Hall–Kier alpha value is -3.55. The van der Waals surface area contributed by atoms with Gasteiger partial charge in [0.1, 0.15) is 6.54 Å². The summed E-state index contributed by atoms with van der Waals surface area (Å²) < 4.78 is 0. The first kappa shape index (κ1) is 21.2. The van der Waals surface area contributed by atoms with E-state index in [0.29, 0.717) is 11.7 Å². The Labute approximate surface area is 175 Å². The van der Waals surface area contributed by atoms with Crippen molar-refractivity contribution < 1.29 is 9.59 Å². The molecule has 0 aliphatic rings. The third-order valence-electron chi connectivity index (χ3n) is 4.77. The lowest BCUT2D eigenvalue weighted by molar-refractivity contribution is -0.124. The first-order chi connectivity index (χ1) is 14.3. The number of rotatable bonds is 7. The molecular weight excluding hydrogens is 380 g/mol. The number of nitrogens with one attached hydrogen (secondary N) is 2. The number of benzene rings is 2. The zero-order chi connectivity index (χ0) is 21.7. The van der Waals surface area contributed by atoms with Gasteiger partial charge in [-0.3, -0.25) is 9.59 Å². The highest BCUT2D eigenvalue weighted by molar-refractivity contribution is 5.95. The first-order valence-electron chi connectivity index (χ1n) is 9.84. The number of hydrogen-bond acceptors (Lipinski definition) is 5. The van der Waals surface area contributed by atoms with E-state index in [2.05, 4.69) is 39.9 Å². The van der Waals surface area contributed by atoms with Crippen LogP contribution < -0.4 is 10.6 Å². The van der Waals surface area contributed by atoms with Gasteiger partial charge in [0.2, 0.25) is 17.6 Å². The molecule has 0 saturated carbocycles. The SMILES string of the molecule is Cc1cccc(C)c1NC(=O)CNC(=O)Cn1nnc(-c2ccc(C(C)C)cc2)n1. The molecule has 0 bridgehead atoms. The van der Waals surface area contributed by atoms with E-state index in [-0.39, 0.29) is 24.9 Å². The van der Waals surface area contributed by atoms with Crippen LogP contribution in [0.5, 0.6) is 0 Å². The molecule has 0 spiro atoms. The molecule has 3 aromatic rings. The number of amides is 2. The molecule has 0 aliphatic heterocycles. The van der Waals surface area contributed by atoms with Gasteiger partial charge in [0.15, 0.2) is 0 Å². The Morgan fingerprint density at radius 2 is 1.67 bits per heavy atom. The Bertz CT molecular complexity index is 1020. The molecule has 156 valence electrons. The van der Waals surface area contributed by atoms with Gasteiger partial charge in [0, 0.05) is 11.3 Å². The molecule has 0 fully saturated rings. The minimum Gasteiger partial charge on any atom is -0.345 e. The fourth-order valence-corrected chi connectivity index (χ4v) is 3.00. The van der Waals surface area contributed by atoms with Crippen molar-refractivity contribution in [3.63, 3.8) is 0 Å². The summed E-state index contributed by atoms with van der Waals surface area (Å²) in [6.07, 6.45) is 0. The highest BCUT2D eigenvalue weighted by Crippen LogP contribution is 2.20. The summed E-state index contributed by atoms with van der Waals surface area (Å²) in [4.78, 5) is 25.5. The van der Waals surface area contributed by atoms with Gasteiger partial charge >= 0.3 is 0 Å². The third kappa shape index (κ3) is 5.28. The zero-order valence-electron chi connectivity index (χ0n) is 17.6. The molecule has 0 aliphatic carbocycles. The van der Waals surface area contributed by atoms with Gasteiger partial charge in [-0.2, -0.15) is 4.80 Å². The zero-order valence-corrected chi connectivity index (χ0v) is 17.6. The van der Waals surface area contributed by atoms with Gasteiger partial charge in [-0.25, -0.2) is 0 Å². The maximum absolute atomic E-state index is 12.2. The van der Waals surface area contributed by atoms with Crippen LogP contribution in [0.15, 0.2) is 42.5 Å². The normalized spacial score (nSPS) is 10.8. The standard InChI is InChI=1S/C22H26N6O2/c1-14(2)17-8-10-18(11-9-17)22-25-27-28(26-22)13-20(30)23-12-19(29)24-21-15(3)6-5-7-16(21)4/h5-11,14H,12-13H2,1-4H3,(H,23,30)(H,24,29). The van der Waals surface area contributed by atoms with Crippen molar-refractivity contribution >= 4 is 17.5 Å². The van der Waals surface area contributed by atoms with E-state index in [1.54, 1.807) is 0 Å². The summed E-state index contributed by atoms with van der Waals surface area (Å²) in [7, 11) is 0. The van der Waals surface area contributed by atoms with Gasteiger partial charge in [-0.05, 0) is 41.7 Å². The van der Waals surface area contributed by atoms with Crippen molar-refractivity contribution in [2.24, 2.45) is 0 Å². The number of aryl methyl sites for hydroxylation is 2. The summed E-state index contributed by atoms with van der Waals surface area (Å²) in [6, 6.07) is 13.7. The van der Waals surface area contributed by atoms with Gasteiger partial charge in [-0.1, -0.05) is 56.3 Å². The molecule has 8 nitrogen and oxygen atoms in total. The molecule has 3 rings (SSSR count). The molecule has 2 amide bonds. The Kier molecular flexibility index (Phi) is 6.56. The van der Waals surface area contributed by atoms with Crippen LogP contribution in [0.3, 0.4) is 0 Å². The smallest absolute Gasteiger partial charge is 0.244 e. The predicted octanol–water partition coefficient (Wildman–Crippen LogP) is 2.84. The van der Waals surface area contributed by atoms with E-state index in [0.717, 1.165) is 22.4 Å². The fraction of sp³-hybridized carbons (Fsp3) is 0.318. The van der Waals surface area contributed by atoms with Crippen LogP contribution in [0, 0.1) is 13.8 Å². The van der Waals surface area contributed by atoms with Crippen molar-refractivity contribution in [3.05, 3.63) is 59.2 Å². The molecule has 1 aromatic heterocycles. The van der Waals surface area contributed by atoms with E-state index < -0.39 is 0 Å². The first-order valence-corrected chi connectivity index (χ1v) is 9.84. The average Bonchev–Trinajstić information content (AvgIpc) is 3.18. The number of tetrazole rings is 1. The lowest BCUT2D eigenvalue weighted by Gasteiger charge is -2.11. The van der Waals surface area contributed by atoms with Crippen LogP contribution in [0.4, 0.5) is 5.69 Å². The Morgan fingerprint density at radius 1 is 1.00 bits per heavy atom. The highest BCUT2D eigenvalue weighted by Gasteiger charge is 2.12. The van der Waals surface area contributed by atoms with Gasteiger partial charge < -0.3 is 10.6 Å². The Morgan fingerprint density at radius 3 is 2.30 bits per heavy atom. The maximum Gasteiger partial charge on any atom is 0.244 e. The number of anilines is 1. The van der Waals surface area contributed by atoms with E-state index in [1.807, 2.05) is 56.3 Å². The molecule has 0 saturated heterocycles. The predicted molar refractivity (Wildman–Crippen MR) is 115 cm³/mol. The second-order valence-corrected chi connectivity index (χ2v) is 7.51. The molecular formula is C22H26N6O2. The molecule has 8 heteroatoms. The number of carbonyl (C=O) groups excluding carboxylic acids is 2. The topological polar surface area (TPSA) is 102 Å². The van der Waals surface area contributed by atoms with Crippen molar-refractivity contribution in [1.29, 1.82) is 0 Å². The van der Waals surface area contributed by atoms with Crippen LogP contribution in [0.1, 0.15) is 36.5 Å². The van der Waals surface area contributed by atoms with Crippen LogP contribution in [0.25, 0.3) is 11.4 Å². The molecule has 0 atom stereocenters. The molecule has 0 unspecified atom stereocenters. The third-order valence-corrected chi connectivity index (χ3v) is 4.77. The lowest BCUT2D eigenvalue weighted by atomic mass is 10.0. The van der Waals surface area contributed by atoms with Gasteiger partial charge in [-0.15, -0.1) is 10.2 Å². The number of aromatic nitrogens is 4. The van der Waals surface area contributed by atoms with Crippen molar-refractivity contribution in [3.8, 4) is 11.4 Å². The average molecular weight is 406 g/mol. The summed E-state index contributed by atoms with van der Waals surface area (Å²) in [5, 5.41) is 17.6. The summed E-state index contributed by atoms with van der Waals surface area (Å²) in [6.45, 7) is 7.85. The van der Waals surface area contributed by atoms with E-state index in [1.165, 1.54) is 10.4 Å². The van der Waals surface area contributed by atoms with Crippen LogP contribution in [0.2, 0.25) is 0 Å². The minimum atomic E-state index is -0.370. The largest absolute Gasteiger partial charge is 0.345 e. The molecule has 0 radical (unpaired) electrons.